The van der Waals surface area contributed by atoms with Gasteiger partial charge in [-0.2, -0.15) is 21.5 Å². The van der Waals surface area contributed by atoms with Gasteiger partial charge in [0.1, 0.15) is 0 Å². The van der Waals surface area contributed by atoms with Gasteiger partial charge in [-0.15, -0.1) is 0 Å². The topological polar surface area (TPSA) is 62.7 Å². The SMILES string of the molecule is OC(CN1CC(=C2C=CC=C[N-]2)[n+]2ccccc2C1)CN1CC(=C2C=CC=C[N-]2)[n+]2ccccc2C1. The first kappa shape index (κ1) is 22.7. The van der Waals surface area contributed by atoms with Crippen molar-refractivity contribution in [2.75, 3.05) is 26.2 Å². The van der Waals surface area contributed by atoms with E-state index >= 15 is 0 Å². The fourth-order valence-electron chi connectivity index (χ4n) is 5.27. The van der Waals surface area contributed by atoms with Crippen LogP contribution in [-0.2, 0) is 13.1 Å². The number of aromatic nitrogens is 2. The maximum absolute atomic E-state index is 11.2. The molecule has 2 aromatic rings. The summed E-state index contributed by atoms with van der Waals surface area (Å²) in [6, 6.07) is 12.5. The Bertz CT molecular complexity index is 1230. The van der Waals surface area contributed by atoms with E-state index in [4.69, 9.17) is 0 Å². The lowest BCUT2D eigenvalue weighted by Crippen LogP contribution is -2.53. The fraction of sp³-hybridized carbons (Fsp3) is 0.241. The number of allylic oxidation sites excluding steroid dienone is 6. The van der Waals surface area contributed by atoms with Crippen molar-refractivity contribution in [2.24, 2.45) is 0 Å². The molecule has 6 heterocycles. The Hall–Kier alpha value is -3.78. The van der Waals surface area contributed by atoms with E-state index in [-0.39, 0.29) is 0 Å². The van der Waals surface area contributed by atoms with Gasteiger partial charge in [0.25, 0.3) is 0 Å². The van der Waals surface area contributed by atoms with E-state index in [1.807, 2.05) is 36.7 Å². The molecule has 0 saturated carbocycles. The highest BCUT2D eigenvalue weighted by Gasteiger charge is 2.32. The summed E-state index contributed by atoms with van der Waals surface area (Å²) in [4.78, 5) is 4.64. The average Bonchev–Trinajstić information content (AvgIpc) is 2.93. The first-order chi connectivity index (χ1) is 17.7. The van der Waals surface area contributed by atoms with Gasteiger partial charge in [0.05, 0.1) is 32.3 Å². The number of pyridine rings is 2. The van der Waals surface area contributed by atoms with Gasteiger partial charge < -0.3 is 15.7 Å². The quantitative estimate of drug-likeness (QED) is 0.687. The molecule has 1 N–H and O–H groups in total. The molecule has 36 heavy (non-hydrogen) atoms. The Kier molecular flexibility index (Phi) is 6.34. The van der Waals surface area contributed by atoms with Crippen molar-refractivity contribution in [3.8, 4) is 0 Å². The van der Waals surface area contributed by atoms with Crippen LogP contribution in [0.5, 0.6) is 0 Å². The minimum absolute atomic E-state index is 0.481. The van der Waals surface area contributed by atoms with Crippen molar-refractivity contribution in [3.63, 3.8) is 0 Å². The van der Waals surface area contributed by atoms with Gasteiger partial charge >= 0.3 is 0 Å². The van der Waals surface area contributed by atoms with Crippen molar-refractivity contribution in [3.05, 3.63) is 131 Å². The fourth-order valence-corrected chi connectivity index (χ4v) is 5.27. The molecule has 0 spiro atoms. The maximum Gasteiger partial charge on any atom is 0.201 e. The van der Waals surface area contributed by atoms with Crippen LogP contribution in [0.3, 0.4) is 0 Å². The Morgan fingerprint density at radius 3 is 1.64 bits per heavy atom. The number of rotatable bonds is 4. The molecule has 0 aromatic carbocycles. The van der Waals surface area contributed by atoms with Crippen LogP contribution in [0.1, 0.15) is 11.4 Å². The molecule has 2 aromatic heterocycles. The predicted octanol–water partition coefficient (Wildman–Crippen LogP) is 3.21. The Balaban J connectivity index is 1.19. The van der Waals surface area contributed by atoms with Crippen LogP contribution in [0.4, 0.5) is 0 Å². The molecule has 0 radical (unpaired) electrons. The third kappa shape index (κ3) is 4.68. The molecule has 0 bridgehead atoms. The second kappa shape index (κ2) is 10.1. The molecule has 6 rings (SSSR count). The summed E-state index contributed by atoms with van der Waals surface area (Å²) in [5, 5.41) is 20.4. The van der Waals surface area contributed by atoms with E-state index in [0.29, 0.717) is 13.1 Å². The lowest BCUT2D eigenvalue weighted by atomic mass is 10.1. The van der Waals surface area contributed by atoms with Gasteiger partial charge in [-0.1, -0.05) is 60.0 Å². The van der Waals surface area contributed by atoms with Gasteiger partial charge in [-0.05, 0) is 0 Å². The van der Waals surface area contributed by atoms with Crippen molar-refractivity contribution >= 4 is 11.4 Å². The zero-order valence-corrected chi connectivity index (χ0v) is 20.2. The highest BCUT2D eigenvalue weighted by atomic mass is 16.3. The molecule has 0 unspecified atom stereocenters. The summed E-state index contributed by atoms with van der Waals surface area (Å²) >= 11 is 0. The molecule has 7 nitrogen and oxygen atoms in total. The number of fused-ring (bicyclic) bond motifs is 2. The first-order valence-electron chi connectivity index (χ1n) is 12.4. The van der Waals surface area contributed by atoms with E-state index in [1.54, 1.807) is 0 Å². The summed E-state index contributed by atoms with van der Waals surface area (Å²) in [6.45, 7) is 4.24. The predicted molar refractivity (Wildman–Crippen MR) is 140 cm³/mol. The van der Waals surface area contributed by atoms with E-state index in [0.717, 1.165) is 49.0 Å². The molecular weight excluding hydrogens is 448 g/mol. The van der Waals surface area contributed by atoms with Crippen molar-refractivity contribution in [2.45, 2.75) is 19.2 Å². The third-order valence-electron chi connectivity index (χ3n) is 6.85. The van der Waals surface area contributed by atoms with Crippen LogP contribution >= 0.6 is 0 Å². The van der Waals surface area contributed by atoms with E-state index < -0.39 is 6.10 Å². The number of nitrogens with zero attached hydrogens (tertiary/aromatic N) is 6. The molecule has 0 aliphatic carbocycles. The number of hydrogen-bond donors (Lipinski definition) is 1. The maximum atomic E-state index is 11.2. The third-order valence-corrected chi connectivity index (χ3v) is 6.85. The van der Waals surface area contributed by atoms with Gasteiger partial charge in [0.2, 0.25) is 11.4 Å². The average molecular weight is 479 g/mol. The van der Waals surface area contributed by atoms with Crippen LogP contribution in [0.15, 0.2) is 109 Å². The van der Waals surface area contributed by atoms with Crippen LogP contribution in [0.2, 0.25) is 0 Å². The van der Waals surface area contributed by atoms with Crippen LogP contribution in [0, 0.1) is 0 Å². The van der Waals surface area contributed by atoms with Crippen LogP contribution < -0.4 is 9.13 Å². The monoisotopic (exact) mass is 478 g/mol. The highest BCUT2D eigenvalue weighted by molar-refractivity contribution is 5.58. The molecule has 0 atom stereocenters. The number of aliphatic hydroxyl groups excluding tert-OH is 1. The molecule has 182 valence electrons. The van der Waals surface area contributed by atoms with Gasteiger partial charge in [0, 0.05) is 37.4 Å². The molecule has 0 fully saturated rings. The molecular formula is C29H30N6O. The second-order valence-corrected chi connectivity index (χ2v) is 9.44. The van der Waals surface area contributed by atoms with Gasteiger partial charge in [0.15, 0.2) is 23.8 Å². The number of aliphatic hydroxyl groups is 1. The summed E-state index contributed by atoms with van der Waals surface area (Å²) < 4.78 is 4.47. The normalized spacial score (nSPS) is 24.1. The lowest BCUT2D eigenvalue weighted by molar-refractivity contribution is -0.599. The standard InChI is InChI=1S/C29H30N6O/c36-25(19-32-17-23-9-3-7-15-34(23)28(21-32)26-11-1-5-13-30-26)20-33-18-24-10-4-8-16-35(24)29(22-33)27-12-2-6-14-31-27/h1-16,25,36H,17-22H2. The molecule has 4 aliphatic heterocycles. The largest absolute Gasteiger partial charge is 0.659 e. The summed E-state index contributed by atoms with van der Waals surface area (Å²) in [5.41, 5.74) is 6.61. The van der Waals surface area contributed by atoms with E-state index in [9.17, 15) is 5.11 Å². The Labute approximate surface area is 212 Å². The van der Waals surface area contributed by atoms with Crippen molar-refractivity contribution < 1.29 is 14.2 Å². The molecule has 4 aliphatic rings. The van der Waals surface area contributed by atoms with Gasteiger partial charge in [-0.3, -0.25) is 9.80 Å². The molecule has 7 heteroatoms. The lowest BCUT2D eigenvalue weighted by Gasteiger charge is -2.34. The summed E-state index contributed by atoms with van der Waals surface area (Å²) in [6.07, 6.45) is 19.4. The van der Waals surface area contributed by atoms with Crippen LogP contribution in [0.25, 0.3) is 22.0 Å². The Morgan fingerprint density at radius 2 is 1.19 bits per heavy atom. The van der Waals surface area contributed by atoms with E-state index in [1.165, 1.54) is 11.4 Å². The van der Waals surface area contributed by atoms with Crippen LogP contribution in [-0.4, -0.2) is 47.2 Å². The van der Waals surface area contributed by atoms with Gasteiger partial charge in [-0.25, -0.2) is 0 Å². The van der Waals surface area contributed by atoms with Crippen molar-refractivity contribution in [1.82, 2.24) is 9.80 Å². The first-order valence-corrected chi connectivity index (χ1v) is 12.4. The minimum atomic E-state index is -0.481. The number of hydrogen-bond acceptors (Lipinski definition) is 3. The molecule has 0 saturated heterocycles. The van der Waals surface area contributed by atoms with E-state index in [2.05, 4.69) is 90.5 Å². The zero-order valence-electron chi connectivity index (χ0n) is 20.2. The second-order valence-electron chi connectivity index (χ2n) is 9.44. The summed E-state index contributed by atoms with van der Waals surface area (Å²) in [5.74, 6) is 0. The Morgan fingerprint density at radius 1 is 0.694 bits per heavy atom. The highest BCUT2D eigenvalue weighted by Crippen LogP contribution is 2.25. The summed E-state index contributed by atoms with van der Waals surface area (Å²) in [7, 11) is 0. The minimum Gasteiger partial charge on any atom is -0.659 e. The zero-order chi connectivity index (χ0) is 24.3. The van der Waals surface area contributed by atoms with Crippen molar-refractivity contribution in [1.29, 1.82) is 0 Å². The smallest absolute Gasteiger partial charge is 0.201 e. The molecule has 0 amide bonds. The number of β-amino-alcohol motifs (C(OH)–C–C–N with tert-alkyl or cyclic N) is 1.